The fourth-order valence-electron chi connectivity index (χ4n) is 2.03. The zero-order chi connectivity index (χ0) is 11.0. The standard InChI is InChI=1S/C10H11NO4/c1-15-10(14)7-3-5-11-4-2-6(8(7)11)9(12)13/h2,4,7H,3,5H2,1H3,(H,12,13)/t7-/m0/s1. The molecular formula is C10H11NO4. The molecule has 0 fully saturated rings. The molecular weight excluding hydrogens is 198 g/mol. The van der Waals surface area contributed by atoms with Crippen LogP contribution in [0.25, 0.3) is 0 Å². The average molecular weight is 209 g/mol. The number of methoxy groups -OCH3 is 1. The molecule has 1 N–H and O–H groups in total. The van der Waals surface area contributed by atoms with Crippen molar-refractivity contribution in [2.24, 2.45) is 0 Å². The van der Waals surface area contributed by atoms with Crippen molar-refractivity contribution in [3.63, 3.8) is 0 Å². The SMILES string of the molecule is COC(=O)[C@H]1CCn2ccc(C(=O)O)c21. The van der Waals surface area contributed by atoms with Gasteiger partial charge in [-0.25, -0.2) is 4.79 Å². The monoisotopic (exact) mass is 209 g/mol. The molecule has 1 aliphatic heterocycles. The van der Waals surface area contributed by atoms with E-state index in [-0.39, 0.29) is 11.5 Å². The Morgan fingerprint density at radius 1 is 1.60 bits per heavy atom. The molecule has 0 saturated carbocycles. The van der Waals surface area contributed by atoms with Gasteiger partial charge in [-0.15, -0.1) is 0 Å². The Balaban J connectivity index is 2.43. The van der Waals surface area contributed by atoms with Crippen LogP contribution in [0.4, 0.5) is 0 Å². The molecule has 0 unspecified atom stereocenters. The first-order valence-corrected chi connectivity index (χ1v) is 4.65. The number of fused-ring (bicyclic) bond motifs is 1. The van der Waals surface area contributed by atoms with Gasteiger partial charge in [0.05, 0.1) is 18.6 Å². The number of esters is 1. The molecule has 0 bridgehead atoms. The van der Waals surface area contributed by atoms with Crippen LogP contribution in [0, 0.1) is 0 Å². The highest BCUT2D eigenvalue weighted by molar-refractivity contribution is 5.92. The van der Waals surface area contributed by atoms with Gasteiger partial charge in [-0.2, -0.15) is 0 Å². The van der Waals surface area contributed by atoms with Crippen LogP contribution in [-0.2, 0) is 16.1 Å². The van der Waals surface area contributed by atoms with Crippen LogP contribution in [0.2, 0.25) is 0 Å². The largest absolute Gasteiger partial charge is 0.478 e. The van der Waals surface area contributed by atoms with Crippen LogP contribution in [0.5, 0.6) is 0 Å². The lowest BCUT2D eigenvalue weighted by Crippen LogP contribution is -2.14. The normalized spacial score (nSPS) is 18.6. The van der Waals surface area contributed by atoms with E-state index in [9.17, 15) is 9.59 Å². The van der Waals surface area contributed by atoms with E-state index in [1.165, 1.54) is 13.2 Å². The molecule has 0 aliphatic carbocycles. The highest BCUT2D eigenvalue weighted by Gasteiger charge is 2.33. The van der Waals surface area contributed by atoms with Gasteiger partial charge in [0.2, 0.25) is 0 Å². The number of aromatic carboxylic acids is 1. The Hall–Kier alpha value is -1.78. The zero-order valence-electron chi connectivity index (χ0n) is 8.27. The fourth-order valence-corrected chi connectivity index (χ4v) is 2.03. The van der Waals surface area contributed by atoms with Crippen LogP contribution in [0.1, 0.15) is 28.4 Å². The van der Waals surface area contributed by atoms with Gasteiger partial charge >= 0.3 is 11.9 Å². The number of ether oxygens (including phenoxy) is 1. The molecule has 5 nitrogen and oxygen atoms in total. The minimum Gasteiger partial charge on any atom is -0.478 e. The second kappa shape index (κ2) is 3.42. The summed E-state index contributed by atoms with van der Waals surface area (Å²) in [5, 5.41) is 8.94. The molecule has 0 aromatic carbocycles. The van der Waals surface area contributed by atoms with Crippen molar-refractivity contribution in [2.75, 3.05) is 7.11 Å². The number of hydrogen-bond donors (Lipinski definition) is 1. The van der Waals surface area contributed by atoms with Gasteiger partial charge in [-0.3, -0.25) is 4.79 Å². The summed E-state index contributed by atoms with van der Waals surface area (Å²) in [6, 6.07) is 1.52. The lowest BCUT2D eigenvalue weighted by Gasteiger charge is -2.07. The van der Waals surface area contributed by atoms with Gasteiger partial charge in [0.15, 0.2) is 0 Å². The third-order valence-electron chi connectivity index (χ3n) is 2.71. The number of rotatable bonds is 2. The Morgan fingerprint density at radius 3 is 2.93 bits per heavy atom. The summed E-state index contributed by atoms with van der Waals surface area (Å²) in [4.78, 5) is 22.3. The topological polar surface area (TPSA) is 68.5 Å². The molecule has 1 atom stereocenters. The lowest BCUT2D eigenvalue weighted by atomic mass is 10.0. The minimum absolute atomic E-state index is 0.197. The molecule has 15 heavy (non-hydrogen) atoms. The van der Waals surface area contributed by atoms with E-state index in [1.54, 1.807) is 10.8 Å². The molecule has 5 heteroatoms. The van der Waals surface area contributed by atoms with E-state index in [0.717, 1.165) is 0 Å². The maximum absolute atomic E-state index is 11.4. The predicted molar refractivity (Wildman–Crippen MR) is 50.8 cm³/mol. The number of aromatic nitrogens is 1. The van der Waals surface area contributed by atoms with E-state index in [4.69, 9.17) is 5.11 Å². The van der Waals surface area contributed by atoms with Gasteiger partial charge in [0.25, 0.3) is 0 Å². The summed E-state index contributed by atoms with van der Waals surface area (Å²) in [5.74, 6) is -1.80. The highest BCUT2D eigenvalue weighted by atomic mass is 16.5. The molecule has 0 spiro atoms. The summed E-state index contributed by atoms with van der Waals surface area (Å²) >= 11 is 0. The van der Waals surface area contributed by atoms with Crippen LogP contribution in [-0.4, -0.2) is 28.7 Å². The first kappa shape index (κ1) is 9.76. The van der Waals surface area contributed by atoms with Gasteiger partial charge in [0, 0.05) is 18.4 Å². The van der Waals surface area contributed by atoms with Crippen molar-refractivity contribution >= 4 is 11.9 Å². The van der Waals surface area contributed by atoms with E-state index in [0.29, 0.717) is 18.7 Å². The highest BCUT2D eigenvalue weighted by Crippen LogP contribution is 2.32. The summed E-state index contributed by atoms with van der Waals surface area (Å²) in [7, 11) is 1.31. The smallest absolute Gasteiger partial charge is 0.337 e. The number of hydrogen-bond acceptors (Lipinski definition) is 3. The van der Waals surface area contributed by atoms with Crippen molar-refractivity contribution in [2.45, 2.75) is 18.9 Å². The van der Waals surface area contributed by atoms with Crippen LogP contribution in [0.3, 0.4) is 0 Å². The van der Waals surface area contributed by atoms with E-state index in [2.05, 4.69) is 4.74 Å². The van der Waals surface area contributed by atoms with Gasteiger partial charge in [0.1, 0.15) is 0 Å². The number of carboxylic acids is 1. The maximum atomic E-state index is 11.4. The summed E-state index contributed by atoms with van der Waals surface area (Å²) in [5.41, 5.74) is 0.761. The van der Waals surface area contributed by atoms with E-state index >= 15 is 0 Å². The molecule has 0 radical (unpaired) electrons. The third kappa shape index (κ3) is 1.40. The first-order chi connectivity index (χ1) is 7.15. The van der Waals surface area contributed by atoms with Crippen LogP contribution in [0.15, 0.2) is 12.3 Å². The van der Waals surface area contributed by atoms with Crippen molar-refractivity contribution in [3.8, 4) is 0 Å². The van der Waals surface area contributed by atoms with Gasteiger partial charge in [-0.1, -0.05) is 0 Å². The molecule has 0 saturated heterocycles. The Kier molecular flexibility index (Phi) is 2.22. The van der Waals surface area contributed by atoms with E-state index < -0.39 is 11.9 Å². The van der Waals surface area contributed by atoms with Crippen molar-refractivity contribution in [3.05, 3.63) is 23.5 Å². The number of carbonyl (C=O) groups excluding carboxylic acids is 1. The fraction of sp³-hybridized carbons (Fsp3) is 0.400. The number of carboxylic acid groups (broad SMARTS) is 1. The third-order valence-corrected chi connectivity index (χ3v) is 2.71. The summed E-state index contributed by atoms with van der Waals surface area (Å²) in [6.45, 7) is 0.669. The average Bonchev–Trinajstić information content (AvgIpc) is 2.75. The van der Waals surface area contributed by atoms with Crippen molar-refractivity contribution < 1.29 is 19.4 Å². The second-order valence-corrected chi connectivity index (χ2v) is 3.48. The lowest BCUT2D eigenvalue weighted by molar-refractivity contribution is -0.142. The van der Waals surface area contributed by atoms with E-state index in [1.807, 2.05) is 0 Å². The predicted octanol–water partition coefficient (Wildman–Crippen LogP) is 0.847. The number of carbonyl (C=O) groups is 2. The second-order valence-electron chi connectivity index (χ2n) is 3.48. The Morgan fingerprint density at radius 2 is 2.33 bits per heavy atom. The minimum atomic E-state index is -1.00. The zero-order valence-corrected chi connectivity index (χ0v) is 8.27. The van der Waals surface area contributed by atoms with Gasteiger partial charge in [-0.05, 0) is 12.5 Å². The number of nitrogens with zero attached hydrogens (tertiary/aromatic N) is 1. The quantitative estimate of drug-likeness (QED) is 0.733. The summed E-state index contributed by atoms with van der Waals surface area (Å²) < 4.78 is 6.45. The Labute approximate surface area is 86.3 Å². The molecule has 1 aliphatic rings. The molecule has 0 amide bonds. The molecule has 2 rings (SSSR count). The Bertz CT molecular complexity index is 421. The van der Waals surface area contributed by atoms with Crippen molar-refractivity contribution in [1.82, 2.24) is 4.57 Å². The van der Waals surface area contributed by atoms with Crippen LogP contribution >= 0.6 is 0 Å². The molecule has 1 aromatic rings. The van der Waals surface area contributed by atoms with Crippen LogP contribution < -0.4 is 0 Å². The molecule has 2 heterocycles. The molecule has 80 valence electrons. The van der Waals surface area contributed by atoms with Crippen molar-refractivity contribution in [1.29, 1.82) is 0 Å². The number of aryl methyl sites for hydroxylation is 1. The van der Waals surface area contributed by atoms with Gasteiger partial charge < -0.3 is 14.4 Å². The first-order valence-electron chi connectivity index (χ1n) is 4.65. The maximum Gasteiger partial charge on any atom is 0.337 e. The summed E-state index contributed by atoms with van der Waals surface area (Å²) in [6.07, 6.45) is 2.31. The molecule has 1 aromatic heterocycles.